The molecule has 1 aliphatic carbocycles. The number of anilines is 3. The lowest BCUT2D eigenvalue weighted by molar-refractivity contribution is 0.664. The Hall–Kier alpha value is -6.36. The second kappa shape index (κ2) is 11.6. The van der Waals surface area contributed by atoms with Gasteiger partial charge in [-0.05, 0) is 78.1 Å². The van der Waals surface area contributed by atoms with Gasteiger partial charge in [0, 0.05) is 70.8 Å². The zero-order valence-corrected chi connectivity index (χ0v) is 29.0. The molecule has 1 aliphatic rings. The first kappa shape index (κ1) is 29.4. The van der Waals surface area contributed by atoms with Crippen molar-refractivity contribution in [3.63, 3.8) is 0 Å². The lowest BCUT2D eigenvalue weighted by atomic mass is 9.94. The molecule has 0 fully saturated rings. The number of furan rings is 2. The summed E-state index contributed by atoms with van der Waals surface area (Å²) in [4.78, 5) is 3.75. The average Bonchev–Trinajstić information content (AvgIpc) is 3.89. The Balaban J connectivity index is 1.15. The number of thiophene rings is 1. The van der Waals surface area contributed by atoms with E-state index in [0.29, 0.717) is 0 Å². The number of rotatable bonds is 5. The fourth-order valence-corrected chi connectivity index (χ4v) is 9.45. The topological polar surface area (TPSA) is 29.5 Å². The first-order valence-electron chi connectivity index (χ1n) is 17.8. The fourth-order valence-electron chi connectivity index (χ4n) is 8.12. The highest BCUT2D eigenvalue weighted by Crippen LogP contribution is 2.49. The van der Waals surface area contributed by atoms with Crippen LogP contribution >= 0.6 is 11.3 Å². The molecule has 0 atom stereocenters. The molecule has 0 amide bonds. The number of fused-ring (bicyclic) bond motifs is 9. The quantitative estimate of drug-likeness (QED) is 0.181. The van der Waals surface area contributed by atoms with Crippen LogP contribution < -0.4 is 4.90 Å². The maximum atomic E-state index is 7.08. The van der Waals surface area contributed by atoms with Crippen molar-refractivity contribution in [1.29, 1.82) is 0 Å². The monoisotopic (exact) mass is 685 g/mol. The Morgan fingerprint density at radius 3 is 2.12 bits per heavy atom. The van der Waals surface area contributed by atoms with Crippen LogP contribution in [0.4, 0.5) is 17.1 Å². The minimum atomic E-state index is 0.841. The molecule has 0 unspecified atom stereocenters. The molecule has 0 bridgehead atoms. The van der Waals surface area contributed by atoms with Gasteiger partial charge in [0.25, 0.3) is 0 Å². The van der Waals surface area contributed by atoms with Crippen LogP contribution in [0, 0.1) is 0 Å². The first-order chi connectivity index (χ1) is 25.8. The molecule has 52 heavy (non-hydrogen) atoms. The van der Waals surface area contributed by atoms with Crippen molar-refractivity contribution in [2.45, 2.75) is 12.8 Å². The van der Waals surface area contributed by atoms with E-state index in [4.69, 9.17) is 8.83 Å². The third-order valence-corrected chi connectivity index (χ3v) is 11.8. The number of allylic oxidation sites excluding steroid dienone is 1. The third-order valence-electron chi connectivity index (χ3n) is 10.5. The minimum Gasteiger partial charge on any atom is -0.456 e. The van der Waals surface area contributed by atoms with Crippen LogP contribution in [-0.4, -0.2) is 0 Å². The number of para-hydroxylation sites is 2. The molecule has 0 saturated carbocycles. The van der Waals surface area contributed by atoms with E-state index in [9.17, 15) is 0 Å². The zero-order valence-electron chi connectivity index (χ0n) is 28.2. The van der Waals surface area contributed by atoms with Crippen molar-refractivity contribution >= 4 is 88.4 Å². The summed E-state index contributed by atoms with van der Waals surface area (Å²) < 4.78 is 15.0. The van der Waals surface area contributed by atoms with Crippen LogP contribution in [0.1, 0.15) is 16.9 Å². The first-order valence-corrected chi connectivity index (χ1v) is 18.6. The van der Waals surface area contributed by atoms with Gasteiger partial charge < -0.3 is 13.7 Å². The molecule has 0 N–H and O–H groups in total. The van der Waals surface area contributed by atoms with Gasteiger partial charge in [0.1, 0.15) is 22.3 Å². The molecule has 0 radical (unpaired) electrons. The van der Waals surface area contributed by atoms with E-state index in [1.165, 1.54) is 37.2 Å². The van der Waals surface area contributed by atoms with Gasteiger partial charge in [0.2, 0.25) is 0 Å². The second-order valence-corrected chi connectivity index (χ2v) is 14.6. The highest BCUT2D eigenvalue weighted by atomic mass is 32.1. The third kappa shape index (κ3) is 4.51. The summed E-state index contributed by atoms with van der Waals surface area (Å²) in [7, 11) is 0. The number of hydrogen-bond acceptors (Lipinski definition) is 4. The maximum Gasteiger partial charge on any atom is 0.144 e. The highest BCUT2D eigenvalue weighted by molar-refractivity contribution is 7.20. The molecule has 3 heterocycles. The van der Waals surface area contributed by atoms with Crippen LogP contribution in [0.3, 0.4) is 0 Å². The second-order valence-electron chi connectivity index (χ2n) is 13.5. The average molecular weight is 686 g/mol. The van der Waals surface area contributed by atoms with Gasteiger partial charge >= 0.3 is 0 Å². The molecule has 11 rings (SSSR count). The summed E-state index contributed by atoms with van der Waals surface area (Å²) in [6.45, 7) is 0. The van der Waals surface area contributed by atoms with Crippen molar-refractivity contribution in [1.82, 2.24) is 0 Å². The van der Waals surface area contributed by atoms with Gasteiger partial charge in [-0.15, -0.1) is 11.3 Å². The summed E-state index contributed by atoms with van der Waals surface area (Å²) in [6, 6.07) is 53.7. The van der Waals surface area contributed by atoms with Gasteiger partial charge in [0.05, 0.1) is 0 Å². The molecule has 10 aromatic rings. The van der Waals surface area contributed by atoms with Crippen molar-refractivity contribution < 1.29 is 8.83 Å². The Bertz CT molecular complexity index is 3000. The Kier molecular flexibility index (Phi) is 6.55. The molecule has 3 nitrogen and oxygen atoms in total. The number of nitrogens with zero attached hydrogens (tertiary/aromatic N) is 1. The van der Waals surface area contributed by atoms with Crippen molar-refractivity contribution in [3.05, 3.63) is 168 Å². The van der Waals surface area contributed by atoms with Crippen LogP contribution in [0.25, 0.3) is 82.3 Å². The zero-order chi connectivity index (χ0) is 34.2. The van der Waals surface area contributed by atoms with Crippen LogP contribution in [-0.2, 0) is 6.42 Å². The number of aryl methyl sites for hydroxylation is 1. The predicted molar refractivity (Wildman–Crippen MR) is 219 cm³/mol. The standard InChI is InChI=1S/C48H31NO2S/c1-3-12-30(13-4-1)31-22-24-33(25-23-31)49(32-14-5-2-6-15-32)34-26-27-35-40-29-43-45(38-17-7-9-20-41(38)50-43)46(47(40)51-42(35)28-34)39-19-11-18-37-36-16-8-10-21-44(36)52-48(37)39/h1-9,11-20,22-29H,10,21H2. The molecule has 4 heteroatoms. The molecule has 0 spiro atoms. The molecule has 0 saturated heterocycles. The van der Waals surface area contributed by atoms with E-state index in [2.05, 4.69) is 163 Å². The molecule has 246 valence electrons. The minimum absolute atomic E-state index is 0.841. The number of hydrogen-bond donors (Lipinski definition) is 0. The van der Waals surface area contributed by atoms with Crippen LogP contribution in [0.2, 0.25) is 0 Å². The molecule has 3 aromatic heterocycles. The van der Waals surface area contributed by atoms with Crippen molar-refractivity contribution in [2.24, 2.45) is 0 Å². The Morgan fingerprint density at radius 2 is 1.25 bits per heavy atom. The van der Waals surface area contributed by atoms with E-state index in [1.807, 2.05) is 17.4 Å². The van der Waals surface area contributed by atoms with E-state index in [1.54, 1.807) is 0 Å². The molecule has 0 aliphatic heterocycles. The van der Waals surface area contributed by atoms with E-state index in [0.717, 1.165) is 79.3 Å². The summed E-state index contributed by atoms with van der Waals surface area (Å²) in [5, 5.41) is 5.63. The van der Waals surface area contributed by atoms with E-state index < -0.39 is 0 Å². The van der Waals surface area contributed by atoms with E-state index in [-0.39, 0.29) is 0 Å². The Morgan fingerprint density at radius 1 is 0.519 bits per heavy atom. The largest absolute Gasteiger partial charge is 0.456 e. The van der Waals surface area contributed by atoms with Crippen molar-refractivity contribution in [2.75, 3.05) is 4.90 Å². The van der Waals surface area contributed by atoms with E-state index >= 15 is 0 Å². The number of benzene rings is 7. The van der Waals surface area contributed by atoms with Crippen molar-refractivity contribution in [3.8, 4) is 22.3 Å². The van der Waals surface area contributed by atoms with Gasteiger partial charge in [-0.3, -0.25) is 0 Å². The fraction of sp³-hybridized carbons (Fsp3) is 0.0417. The van der Waals surface area contributed by atoms with Gasteiger partial charge in [-0.25, -0.2) is 0 Å². The summed E-state index contributed by atoms with van der Waals surface area (Å²) in [6.07, 6.45) is 6.78. The predicted octanol–water partition coefficient (Wildman–Crippen LogP) is 14.5. The molecule has 7 aromatic carbocycles. The smallest absolute Gasteiger partial charge is 0.144 e. The van der Waals surface area contributed by atoms with Crippen LogP contribution in [0.5, 0.6) is 0 Å². The normalized spacial score (nSPS) is 12.8. The summed E-state index contributed by atoms with van der Waals surface area (Å²) in [5.41, 5.74) is 12.7. The van der Waals surface area contributed by atoms with Gasteiger partial charge in [0.15, 0.2) is 0 Å². The lowest BCUT2D eigenvalue weighted by Crippen LogP contribution is -2.09. The Labute approximate surface area is 304 Å². The van der Waals surface area contributed by atoms with Gasteiger partial charge in [-0.1, -0.05) is 109 Å². The lowest BCUT2D eigenvalue weighted by Gasteiger charge is -2.25. The maximum absolute atomic E-state index is 7.08. The molecular formula is C48H31NO2S. The molecular weight excluding hydrogens is 655 g/mol. The summed E-state index contributed by atoms with van der Waals surface area (Å²) >= 11 is 1.92. The van der Waals surface area contributed by atoms with Gasteiger partial charge in [-0.2, -0.15) is 0 Å². The van der Waals surface area contributed by atoms with Crippen LogP contribution in [0.15, 0.2) is 167 Å². The SMILES string of the molecule is C1=Cc2c(sc3c(-c4c5oc6cc(N(c7ccccc7)c7ccc(-c8ccccc8)cc7)ccc6c5cc5oc6ccccc6c45)cccc23)CC1. The summed E-state index contributed by atoms with van der Waals surface area (Å²) in [5.74, 6) is 0. The highest BCUT2D eigenvalue weighted by Gasteiger charge is 2.25.